The van der Waals surface area contributed by atoms with E-state index in [0.29, 0.717) is 24.5 Å². The first-order valence-corrected chi connectivity index (χ1v) is 9.33. The van der Waals surface area contributed by atoms with Crippen molar-refractivity contribution in [3.05, 3.63) is 65.7 Å². The molecule has 2 aromatic carbocycles. The van der Waals surface area contributed by atoms with E-state index in [9.17, 15) is 8.42 Å². The monoisotopic (exact) mass is 345 g/mol. The van der Waals surface area contributed by atoms with Crippen molar-refractivity contribution in [1.29, 1.82) is 0 Å². The minimum absolute atomic E-state index is 0.232. The highest BCUT2D eigenvalue weighted by atomic mass is 32.2. The van der Waals surface area contributed by atoms with Crippen LogP contribution in [0.3, 0.4) is 0 Å². The van der Waals surface area contributed by atoms with Crippen LogP contribution in [0.2, 0.25) is 0 Å². The molecule has 1 N–H and O–H groups in total. The van der Waals surface area contributed by atoms with Crippen molar-refractivity contribution in [2.45, 2.75) is 32.1 Å². The van der Waals surface area contributed by atoms with Gasteiger partial charge in [0, 0.05) is 5.56 Å². The van der Waals surface area contributed by atoms with Crippen molar-refractivity contribution in [1.82, 2.24) is 0 Å². The van der Waals surface area contributed by atoms with Crippen LogP contribution in [0.25, 0.3) is 0 Å². The van der Waals surface area contributed by atoms with E-state index < -0.39 is 10.0 Å². The van der Waals surface area contributed by atoms with E-state index in [-0.39, 0.29) is 4.90 Å². The first-order valence-electron chi connectivity index (χ1n) is 7.84. The normalized spacial score (nSPS) is 11.1. The van der Waals surface area contributed by atoms with Crippen molar-refractivity contribution < 1.29 is 13.2 Å². The van der Waals surface area contributed by atoms with E-state index in [4.69, 9.17) is 4.74 Å². The number of hydrogen-bond donors (Lipinski definition) is 1. The summed E-state index contributed by atoms with van der Waals surface area (Å²) in [5.74, 6) is 0.564. The molecule has 0 heterocycles. The zero-order chi connectivity index (χ0) is 17.7. The van der Waals surface area contributed by atoms with Gasteiger partial charge in [-0.15, -0.1) is 6.58 Å². The average molecular weight is 345 g/mol. The summed E-state index contributed by atoms with van der Waals surface area (Å²) in [7, 11) is -3.68. The topological polar surface area (TPSA) is 55.4 Å². The van der Waals surface area contributed by atoms with Gasteiger partial charge >= 0.3 is 0 Å². The maximum absolute atomic E-state index is 12.7. The molecule has 0 amide bonds. The van der Waals surface area contributed by atoms with E-state index in [0.717, 1.165) is 16.7 Å². The molecule has 0 aliphatic rings. The molecule has 24 heavy (non-hydrogen) atoms. The Labute approximate surface area is 144 Å². The molecule has 0 aliphatic carbocycles. The smallest absolute Gasteiger partial charge is 0.262 e. The van der Waals surface area contributed by atoms with Crippen LogP contribution >= 0.6 is 0 Å². The molecule has 0 aromatic heterocycles. The Hall–Kier alpha value is -2.27. The van der Waals surface area contributed by atoms with Gasteiger partial charge in [-0.3, -0.25) is 4.72 Å². The summed E-state index contributed by atoms with van der Waals surface area (Å²) in [6, 6.07) is 10.4. The van der Waals surface area contributed by atoms with Crippen LogP contribution in [-0.2, 0) is 16.4 Å². The maximum atomic E-state index is 12.7. The predicted molar refractivity (Wildman–Crippen MR) is 98.2 cm³/mol. The number of aryl methyl sites for hydroxylation is 2. The van der Waals surface area contributed by atoms with Crippen molar-refractivity contribution in [3.8, 4) is 5.75 Å². The van der Waals surface area contributed by atoms with Gasteiger partial charge in [-0.25, -0.2) is 8.42 Å². The van der Waals surface area contributed by atoms with E-state index in [1.165, 1.54) is 0 Å². The fourth-order valence-electron chi connectivity index (χ4n) is 2.50. The Kier molecular flexibility index (Phi) is 5.67. The Balaban J connectivity index is 2.48. The van der Waals surface area contributed by atoms with E-state index >= 15 is 0 Å². The summed E-state index contributed by atoms with van der Waals surface area (Å²) in [4.78, 5) is 0.232. The third kappa shape index (κ3) is 3.97. The van der Waals surface area contributed by atoms with Gasteiger partial charge in [0.15, 0.2) is 0 Å². The molecule has 2 rings (SSSR count). The Bertz CT molecular complexity index is 842. The van der Waals surface area contributed by atoms with Gasteiger partial charge < -0.3 is 4.74 Å². The number of allylic oxidation sites excluding steroid dienone is 1. The molecule has 0 saturated carbocycles. The Morgan fingerprint density at radius 3 is 2.58 bits per heavy atom. The second kappa shape index (κ2) is 7.53. The molecule has 5 heteroatoms. The molecule has 0 fully saturated rings. The molecule has 0 spiro atoms. The van der Waals surface area contributed by atoms with Gasteiger partial charge in [0.25, 0.3) is 10.0 Å². The van der Waals surface area contributed by atoms with Crippen LogP contribution in [0, 0.1) is 13.8 Å². The summed E-state index contributed by atoms with van der Waals surface area (Å²) in [5, 5.41) is 0. The summed E-state index contributed by atoms with van der Waals surface area (Å²) in [6.07, 6.45) is 2.39. The number of rotatable bonds is 7. The Morgan fingerprint density at radius 1 is 1.21 bits per heavy atom. The Morgan fingerprint density at radius 2 is 1.96 bits per heavy atom. The maximum Gasteiger partial charge on any atom is 0.262 e. The van der Waals surface area contributed by atoms with Crippen molar-refractivity contribution in [3.63, 3.8) is 0 Å². The molecule has 0 unspecified atom stereocenters. The van der Waals surface area contributed by atoms with Crippen LogP contribution < -0.4 is 9.46 Å². The van der Waals surface area contributed by atoms with Crippen LogP contribution in [0.4, 0.5) is 5.69 Å². The molecular formula is C19H23NO3S. The molecule has 128 valence electrons. The zero-order valence-corrected chi connectivity index (χ0v) is 15.1. The van der Waals surface area contributed by atoms with Gasteiger partial charge in [0.1, 0.15) is 5.75 Å². The van der Waals surface area contributed by atoms with Gasteiger partial charge in [-0.2, -0.15) is 0 Å². The van der Waals surface area contributed by atoms with Crippen LogP contribution in [0.15, 0.2) is 53.9 Å². The lowest BCUT2D eigenvalue weighted by Gasteiger charge is -2.18. The molecule has 0 aliphatic heterocycles. The molecule has 2 aromatic rings. The number of hydrogen-bond acceptors (Lipinski definition) is 3. The van der Waals surface area contributed by atoms with E-state index in [1.54, 1.807) is 30.3 Å². The second-order valence-electron chi connectivity index (χ2n) is 5.59. The highest BCUT2D eigenvalue weighted by Gasteiger charge is 2.19. The molecule has 0 saturated heterocycles. The van der Waals surface area contributed by atoms with E-state index in [1.807, 2.05) is 32.9 Å². The van der Waals surface area contributed by atoms with Crippen LogP contribution in [0.1, 0.15) is 23.6 Å². The lowest BCUT2D eigenvalue weighted by atomic mass is 10.0. The standard InChI is InChI=1S/C19H23NO3S/c1-5-8-17-15(4)11-12-18(19(17)23-6-2)20-24(21,22)16-10-7-9-14(3)13-16/h5,7,9-13,20H,1,6,8H2,2-4H3. The number of sulfonamides is 1. The third-order valence-electron chi connectivity index (χ3n) is 3.68. The quantitative estimate of drug-likeness (QED) is 0.764. The molecule has 0 radical (unpaired) electrons. The lowest BCUT2D eigenvalue weighted by molar-refractivity contribution is 0.338. The minimum Gasteiger partial charge on any atom is -0.491 e. The third-order valence-corrected chi connectivity index (χ3v) is 5.04. The molecular weight excluding hydrogens is 322 g/mol. The number of benzene rings is 2. The molecule has 4 nitrogen and oxygen atoms in total. The second-order valence-corrected chi connectivity index (χ2v) is 7.27. The summed E-state index contributed by atoms with van der Waals surface area (Å²) >= 11 is 0. The summed E-state index contributed by atoms with van der Waals surface area (Å²) in [6.45, 7) is 9.92. The SMILES string of the molecule is C=CCc1c(C)ccc(NS(=O)(=O)c2cccc(C)c2)c1OCC. The average Bonchev–Trinajstić information content (AvgIpc) is 2.53. The van der Waals surface area contributed by atoms with Gasteiger partial charge in [0.05, 0.1) is 17.2 Å². The number of ether oxygens (including phenoxy) is 1. The van der Waals surface area contributed by atoms with Crippen LogP contribution in [-0.4, -0.2) is 15.0 Å². The highest BCUT2D eigenvalue weighted by Crippen LogP contribution is 2.34. The van der Waals surface area contributed by atoms with Crippen LogP contribution in [0.5, 0.6) is 5.75 Å². The minimum atomic E-state index is -3.68. The fourth-order valence-corrected chi connectivity index (χ4v) is 3.67. The number of nitrogens with one attached hydrogen (secondary N) is 1. The van der Waals surface area contributed by atoms with Crippen molar-refractivity contribution in [2.24, 2.45) is 0 Å². The lowest BCUT2D eigenvalue weighted by Crippen LogP contribution is -2.15. The predicted octanol–water partition coefficient (Wildman–Crippen LogP) is 4.23. The first kappa shape index (κ1) is 18.1. The number of anilines is 1. The van der Waals surface area contributed by atoms with Gasteiger partial charge in [0.2, 0.25) is 0 Å². The van der Waals surface area contributed by atoms with Crippen molar-refractivity contribution in [2.75, 3.05) is 11.3 Å². The summed E-state index contributed by atoms with van der Waals surface area (Å²) < 4.78 is 33.7. The van der Waals surface area contributed by atoms with Crippen molar-refractivity contribution >= 4 is 15.7 Å². The highest BCUT2D eigenvalue weighted by molar-refractivity contribution is 7.92. The first-order chi connectivity index (χ1) is 11.4. The van der Waals surface area contributed by atoms with E-state index in [2.05, 4.69) is 11.3 Å². The van der Waals surface area contributed by atoms with Gasteiger partial charge in [-0.05, 0) is 56.5 Å². The fraction of sp³-hybridized carbons (Fsp3) is 0.263. The zero-order valence-electron chi connectivity index (χ0n) is 14.3. The molecule has 0 atom stereocenters. The van der Waals surface area contributed by atoms with Gasteiger partial charge in [-0.1, -0.05) is 24.3 Å². The largest absolute Gasteiger partial charge is 0.491 e. The summed E-state index contributed by atoms with van der Waals surface area (Å²) in [5.41, 5.74) is 3.31. The molecule has 0 bridgehead atoms.